The molecule has 1 aromatic heterocycles. The summed E-state index contributed by atoms with van der Waals surface area (Å²) in [7, 11) is -4.35. The van der Waals surface area contributed by atoms with Crippen molar-refractivity contribution < 1.29 is 17.9 Å². The monoisotopic (exact) mass is 467 g/mol. The molecule has 0 bridgehead atoms. The van der Waals surface area contributed by atoms with Crippen LogP contribution in [-0.2, 0) is 30.5 Å². The van der Waals surface area contributed by atoms with Crippen molar-refractivity contribution in [1.82, 2.24) is 15.2 Å². The molecule has 0 fully saturated rings. The first-order valence-corrected chi connectivity index (χ1v) is 11.3. The Kier molecular flexibility index (Phi) is 6.80. The number of rotatable bonds is 8. The maximum Gasteiger partial charge on any atom is 0.333 e. The third kappa shape index (κ3) is 4.08. The molecule has 3 aromatic rings. The number of benzene rings is 2. The largest absolute Gasteiger partial charge is 0.464 e. The highest BCUT2D eigenvalue weighted by molar-refractivity contribution is 7.93. The van der Waals surface area contributed by atoms with E-state index in [4.69, 9.17) is 27.9 Å². The van der Waals surface area contributed by atoms with Gasteiger partial charge in [-0.2, -0.15) is 5.10 Å². The van der Waals surface area contributed by atoms with Crippen molar-refractivity contribution in [2.75, 3.05) is 6.61 Å². The molecule has 158 valence electrons. The van der Waals surface area contributed by atoms with Crippen LogP contribution >= 0.6 is 23.2 Å². The lowest BCUT2D eigenvalue weighted by Crippen LogP contribution is -2.47. The van der Waals surface area contributed by atoms with Crippen LogP contribution in [-0.4, -0.2) is 36.2 Å². The summed E-state index contributed by atoms with van der Waals surface area (Å²) in [5, 5.41) is 6.73. The fraction of sp³-hybridized carbons (Fsp3) is 0.250. The van der Waals surface area contributed by atoms with Gasteiger partial charge in [0.05, 0.1) is 11.5 Å². The van der Waals surface area contributed by atoms with Gasteiger partial charge in [-0.1, -0.05) is 54.4 Å². The maximum atomic E-state index is 14.0. The van der Waals surface area contributed by atoms with Crippen LogP contribution in [0.25, 0.3) is 0 Å². The summed E-state index contributed by atoms with van der Waals surface area (Å²) in [5.41, 5.74) is 0.0509. The maximum absolute atomic E-state index is 14.0. The van der Waals surface area contributed by atoms with Gasteiger partial charge in [-0.25, -0.2) is 18.2 Å². The standard InChI is InChI=1S/C20H19Cl2N3O4S/c1-2-10-29-19(26)20(12-18-23-13-24-25-18,16-9-8-14(21)11-17(16)22)30(27,28)15-6-4-3-5-7-15/h3-9,11,13H,2,10,12H2,1H3,(H,23,24,25). The number of aromatic nitrogens is 3. The lowest BCUT2D eigenvalue weighted by molar-refractivity contribution is -0.147. The predicted molar refractivity (Wildman–Crippen MR) is 113 cm³/mol. The van der Waals surface area contributed by atoms with E-state index in [0.717, 1.165) is 0 Å². The quantitative estimate of drug-likeness (QED) is 0.502. The molecule has 30 heavy (non-hydrogen) atoms. The van der Waals surface area contributed by atoms with E-state index in [-0.39, 0.29) is 34.3 Å². The third-order valence-corrected chi connectivity index (χ3v) is 7.42. The van der Waals surface area contributed by atoms with Gasteiger partial charge in [0.2, 0.25) is 4.75 Å². The van der Waals surface area contributed by atoms with E-state index >= 15 is 0 Å². The van der Waals surface area contributed by atoms with Crippen LogP contribution in [0.4, 0.5) is 0 Å². The Labute approximate surface area is 184 Å². The van der Waals surface area contributed by atoms with Gasteiger partial charge >= 0.3 is 5.97 Å². The van der Waals surface area contributed by atoms with Gasteiger partial charge in [0.1, 0.15) is 12.2 Å². The summed E-state index contributed by atoms with van der Waals surface area (Å²) in [6.45, 7) is 1.86. The zero-order chi connectivity index (χ0) is 21.8. The van der Waals surface area contributed by atoms with Crippen molar-refractivity contribution in [2.45, 2.75) is 29.4 Å². The minimum atomic E-state index is -4.35. The van der Waals surface area contributed by atoms with Gasteiger partial charge < -0.3 is 4.74 Å². The van der Waals surface area contributed by atoms with Crippen LogP contribution < -0.4 is 0 Å². The molecule has 1 heterocycles. The molecule has 0 aliphatic rings. The first-order chi connectivity index (χ1) is 14.3. The molecular weight excluding hydrogens is 449 g/mol. The van der Waals surface area contributed by atoms with Crippen LogP contribution in [0.3, 0.4) is 0 Å². The Hall–Kier alpha value is -2.42. The number of nitrogens with one attached hydrogen (secondary N) is 1. The number of H-pyrrole nitrogens is 1. The van der Waals surface area contributed by atoms with Crippen molar-refractivity contribution in [1.29, 1.82) is 0 Å². The van der Waals surface area contributed by atoms with Gasteiger partial charge in [0.25, 0.3) is 0 Å². The molecule has 2 aromatic carbocycles. The van der Waals surface area contributed by atoms with Gasteiger partial charge in [-0.05, 0) is 30.7 Å². The van der Waals surface area contributed by atoms with E-state index in [1.807, 2.05) is 6.92 Å². The number of carbonyl (C=O) groups is 1. The smallest absolute Gasteiger partial charge is 0.333 e. The molecule has 0 saturated carbocycles. The molecule has 1 unspecified atom stereocenters. The van der Waals surface area contributed by atoms with Gasteiger partial charge in [0, 0.05) is 22.0 Å². The first-order valence-electron chi connectivity index (χ1n) is 9.09. The number of aromatic amines is 1. The minimum absolute atomic E-state index is 0.0231. The number of carbonyl (C=O) groups excluding carboxylic acids is 1. The van der Waals surface area contributed by atoms with E-state index in [1.54, 1.807) is 18.2 Å². The number of esters is 1. The van der Waals surface area contributed by atoms with Crippen LogP contribution in [0.15, 0.2) is 59.8 Å². The van der Waals surface area contributed by atoms with E-state index in [1.165, 1.54) is 36.7 Å². The molecule has 0 amide bonds. The second-order valence-electron chi connectivity index (χ2n) is 6.51. The Morgan fingerprint density at radius 1 is 1.17 bits per heavy atom. The number of hydrogen-bond acceptors (Lipinski definition) is 6. The van der Waals surface area contributed by atoms with Gasteiger partial charge in [0.15, 0.2) is 9.84 Å². The average molecular weight is 468 g/mol. The zero-order valence-corrected chi connectivity index (χ0v) is 18.3. The Morgan fingerprint density at radius 3 is 2.50 bits per heavy atom. The fourth-order valence-electron chi connectivity index (χ4n) is 3.11. The van der Waals surface area contributed by atoms with Crippen LogP contribution in [0.5, 0.6) is 0 Å². The SMILES string of the molecule is CCCOC(=O)C(Cc1ncn[nH]1)(c1ccc(Cl)cc1Cl)S(=O)(=O)c1ccccc1. The molecular formula is C20H19Cl2N3O4S. The van der Waals surface area contributed by atoms with Crippen molar-refractivity contribution >= 4 is 39.0 Å². The zero-order valence-electron chi connectivity index (χ0n) is 16.0. The van der Waals surface area contributed by atoms with Crippen LogP contribution in [0, 0.1) is 0 Å². The number of halogens is 2. The number of hydrogen-bond donors (Lipinski definition) is 1. The van der Waals surface area contributed by atoms with Crippen molar-refractivity contribution in [3.05, 3.63) is 76.3 Å². The van der Waals surface area contributed by atoms with Crippen LogP contribution in [0.1, 0.15) is 24.7 Å². The summed E-state index contributed by atoms with van der Waals surface area (Å²) in [6, 6.07) is 12.0. The van der Waals surface area contributed by atoms with Crippen LogP contribution in [0.2, 0.25) is 10.0 Å². The summed E-state index contributed by atoms with van der Waals surface area (Å²) >= 11 is 12.4. The molecule has 0 saturated heterocycles. The lowest BCUT2D eigenvalue weighted by Gasteiger charge is -2.32. The fourth-order valence-corrected chi connectivity index (χ4v) is 5.72. The summed E-state index contributed by atoms with van der Waals surface area (Å²) in [4.78, 5) is 17.4. The molecule has 0 aliphatic heterocycles. The van der Waals surface area contributed by atoms with Crippen molar-refractivity contribution in [3.63, 3.8) is 0 Å². The van der Waals surface area contributed by atoms with Crippen molar-refractivity contribution in [2.24, 2.45) is 0 Å². The van der Waals surface area contributed by atoms with E-state index in [2.05, 4.69) is 15.2 Å². The number of sulfone groups is 1. The summed E-state index contributed by atoms with van der Waals surface area (Å²) < 4.78 is 31.1. The summed E-state index contributed by atoms with van der Waals surface area (Å²) in [6.07, 6.45) is 1.40. The number of ether oxygens (including phenoxy) is 1. The number of nitrogens with zero attached hydrogens (tertiary/aromatic N) is 2. The molecule has 3 rings (SSSR count). The van der Waals surface area contributed by atoms with E-state index < -0.39 is 20.6 Å². The topological polar surface area (TPSA) is 102 Å². The molecule has 0 spiro atoms. The van der Waals surface area contributed by atoms with E-state index in [9.17, 15) is 13.2 Å². The second-order valence-corrected chi connectivity index (χ2v) is 9.53. The highest BCUT2D eigenvalue weighted by Crippen LogP contribution is 2.43. The van der Waals surface area contributed by atoms with Gasteiger partial charge in [-0.3, -0.25) is 5.10 Å². The third-order valence-electron chi connectivity index (χ3n) is 4.53. The molecule has 1 N–H and O–H groups in total. The Morgan fingerprint density at radius 2 is 1.90 bits per heavy atom. The normalized spacial score (nSPS) is 13.6. The predicted octanol–water partition coefficient (Wildman–Crippen LogP) is 3.98. The average Bonchev–Trinajstić information content (AvgIpc) is 3.24. The molecule has 0 aliphatic carbocycles. The molecule has 0 radical (unpaired) electrons. The van der Waals surface area contributed by atoms with Gasteiger partial charge in [-0.15, -0.1) is 0 Å². The molecule has 1 atom stereocenters. The summed E-state index contributed by atoms with van der Waals surface area (Å²) in [5.74, 6) is -0.761. The molecule has 10 heteroatoms. The Bertz CT molecular complexity index is 1120. The first kappa shape index (κ1) is 22.3. The van der Waals surface area contributed by atoms with E-state index in [0.29, 0.717) is 11.4 Å². The van der Waals surface area contributed by atoms with Crippen molar-refractivity contribution in [3.8, 4) is 0 Å². The highest BCUT2D eigenvalue weighted by atomic mass is 35.5. The Balaban J connectivity index is 2.35. The second kappa shape index (κ2) is 9.16. The molecule has 7 nitrogen and oxygen atoms in total. The minimum Gasteiger partial charge on any atom is -0.464 e. The lowest BCUT2D eigenvalue weighted by atomic mass is 9.94. The highest BCUT2D eigenvalue weighted by Gasteiger charge is 2.56.